The number of ether oxygens (including phenoxy) is 1. The van der Waals surface area contributed by atoms with Crippen LogP contribution in [0.15, 0.2) is 53.1 Å². The van der Waals surface area contributed by atoms with E-state index in [0.29, 0.717) is 28.3 Å². The second kappa shape index (κ2) is 6.40. The van der Waals surface area contributed by atoms with Gasteiger partial charge < -0.3 is 19.6 Å². The number of aromatic nitrogens is 1. The van der Waals surface area contributed by atoms with E-state index in [4.69, 9.17) is 9.15 Å². The first-order valence-electron chi connectivity index (χ1n) is 8.42. The van der Waals surface area contributed by atoms with Crippen molar-refractivity contribution in [3.63, 3.8) is 0 Å². The molecule has 0 fully saturated rings. The van der Waals surface area contributed by atoms with E-state index in [-0.39, 0.29) is 18.2 Å². The first-order valence-corrected chi connectivity index (χ1v) is 8.42. The summed E-state index contributed by atoms with van der Waals surface area (Å²) in [5.41, 5.74) is 0.994. The van der Waals surface area contributed by atoms with Gasteiger partial charge in [0.25, 0.3) is 0 Å². The molecule has 0 saturated carbocycles. The predicted molar refractivity (Wildman–Crippen MR) is 97.7 cm³/mol. The molecule has 0 bridgehead atoms. The van der Waals surface area contributed by atoms with Crippen LogP contribution in [0.5, 0.6) is 0 Å². The molecule has 8 nitrogen and oxygen atoms in total. The Kier molecular flexibility index (Phi) is 4.02. The number of fused-ring (bicyclic) bond motifs is 1. The second-order valence-electron chi connectivity index (χ2n) is 6.44. The summed E-state index contributed by atoms with van der Waals surface area (Å²) in [7, 11) is 0. The van der Waals surface area contributed by atoms with Crippen LogP contribution in [0.3, 0.4) is 0 Å². The summed E-state index contributed by atoms with van der Waals surface area (Å²) < 4.78 is 12.4. The monoisotopic (exact) mass is 377 g/mol. The summed E-state index contributed by atoms with van der Waals surface area (Å²) in [6.45, 7) is 1.62. The van der Waals surface area contributed by atoms with Crippen LogP contribution in [0.4, 0.5) is 10.5 Å². The van der Waals surface area contributed by atoms with Gasteiger partial charge in [-0.15, -0.1) is 0 Å². The number of nitrogens with zero attached hydrogens (tertiary/aromatic N) is 2. The highest BCUT2D eigenvalue weighted by atomic mass is 16.5. The molecule has 1 aliphatic rings. The molecule has 0 spiro atoms. The zero-order chi connectivity index (χ0) is 19.9. The number of carboxylic acid groups (broad SMARTS) is 1. The lowest BCUT2D eigenvalue weighted by atomic mass is 9.89. The highest BCUT2D eigenvalue weighted by Gasteiger charge is 2.38. The molecular formula is C20H15N3O5. The Morgan fingerprint density at radius 1 is 1.32 bits per heavy atom. The van der Waals surface area contributed by atoms with Crippen LogP contribution in [-0.4, -0.2) is 28.3 Å². The van der Waals surface area contributed by atoms with E-state index >= 15 is 0 Å². The molecule has 0 aliphatic carbocycles. The zero-order valence-corrected chi connectivity index (χ0v) is 14.8. The van der Waals surface area contributed by atoms with Crippen LogP contribution in [-0.2, 0) is 15.1 Å². The highest BCUT2D eigenvalue weighted by molar-refractivity contribution is 5.94. The largest absolute Gasteiger partial charge is 0.466 e. The summed E-state index contributed by atoms with van der Waals surface area (Å²) in [5, 5.41) is 21.5. The normalized spacial score (nSPS) is 18.6. The molecule has 1 atom stereocenters. The van der Waals surface area contributed by atoms with Gasteiger partial charge in [0.1, 0.15) is 24.1 Å². The number of nitrogens with one attached hydrogen (secondary N) is 1. The summed E-state index contributed by atoms with van der Waals surface area (Å²) in [5.74, 6) is 0.207. The molecule has 3 heterocycles. The van der Waals surface area contributed by atoms with Crippen LogP contribution in [0.2, 0.25) is 0 Å². The first kappa shape index (κ1) is 17.6. The Labute approximate surface area is 159 Å². The van der Waals surface area contributed by atoms with Gasteiger partial charge in [-0.1, -0.05) is 6.07 Å². The van der Waals surface area contributed by atoms with E-state index < -0.39 is 11.7 Å². The molecule has 2 aromatic heterocycles. The van der Waals surface area contributed by atoms with Crippen molar-refractivity contribution in [3.8, 4) is 17.3 Å². The molecule has 8 heteroatoms. The van der Waals surface area contributed by atoms with Gasteiger partial charge in [0.15, 0.2) is 5.60 Å². The van der Waals surface area contributed by atoms with Crippen molar-refractivity contribution in [3.05, 3.63) is 65.7 Å². The third-order valence-electron chi connectivity index (χ3n) is 4.77. The number of hydrogen-bond acceptors (Lipinski definition) is 5. The molecule has 1 aromatic carbocycles. The fraction of sp³-hybridized carbons (Fsp3) is 0.150. The number of benzene rings is 1. The van der Waals surface area contributed by atoms with Crippen molar-refractivity contribution < 1.29 is 23.8 Å². The Morgan fingerprint density at radius 3 is 2.82 bits per heavy atom. The van der Waals surface area contributed by atoms with Crippen molar-refractivity contribution in [2.24, 2.45) is 0 Å². The number of furan rings is 1. The average molecular weight is 377 g/mol. The van der Waals surface area contributed by atoms with E-state index in [2.05, 4.69) is 5.32 Å². The van der Waals surface area contributed by atoms with Gasteiger partial charge >= 0.3 is 6.09 Å². The molecule has 3 aromatic rings. The lowest BCUT2D eigenvalue weighted by Gasteiger charge is -2.27. The highest BCUT2D eigenvalue weighted by Crippen LogP contribution is 2.41. The van der Waals surface area contributed by atoms with Gasteiger partial charge in [-0.2, -0.15) is 5.26 Å². The predicted octanol–water partition coefficient (Wildman–Crippen LogP) is 3.38. The van der Waals surface area contributed by atoms with Gasteiger partial charge in [0.05, 0.1) is 12.0 Å². The zero-order valence-electron chi connectivity index (χ0n) is 14.8. The minimum absolute atomic E-state index is 0.00999. The Balaban J connectivity index is 1.93. The van der Waals surface area contributed by atoms with Gasteiger partial charge in [0, 0.05) is 11.3 Å². The molecule has 28 heavy (non-hydrogen) atoms. The van der Waals surface area contributed by atoms with E-state index in [1.165, 1.54) is 12.3 Å². The molecule has 4 rings (SSSR count). The van der Waals surface area contributed by atoms with Crippen molar-refractivity contribution in [2.45, 2.75) is 12.5 Å². The molecule has 2 N–H and O–H groups in total. The number of carbonyl (C=O) groups is 2. The third kappa shape index (κ3) is 2.66. The molecule has 0 saturated heterocycles. The van der Waals surface area contributed by atoms with Crippen LogP contribution in [0.25, 0.3) is 11.3 Å². The van der Waals surface area contributed by atoms with Crippen molar-refractivity contribution in [2.75, 3.05) is 11.9 Å². The lowest BCUT2D eigenvalue weighted by Crippen LogP contribution is -2.27. The SMILES string of the molecule is CC1(c2ccco2)OCC(=O)Nc2ccc(-c3ccc(C#N)n3C(=O)O)cc21. The second-order valence-corrected chi connectivity index (χ2v) is 6.44. The van der Waals surface area contributed by atoms with E-state index in [1.54, 1.807) is 43.3 Å². The molecule has 140 valence electrons. The smallest absolute Gasteiger partial charge is 0.417 e. The van der Waals surface area contributed by atoms with E-state index in [9.17, 15) is 20.0 Å². The molecular weight excluding hydrogens is 362 g/mol. The maximum absolute atomic E-state index is 12.1. The maximum Gasteiger partial charge on any atom is 0.417 e. The summed E-state index contributed by atoms with van der Waals surface area (Å²) in [6.07, 6.45) is 0.257. The van der Waals surface area contributed by atoms with Gasteiger partial charge in [0.2, 0.25) is 5.91 Å². The average Bonchev–Trinajstić information content (AvgIpc) is 3.34. The Hall–Kier alpha value is -3.83. The standard InChI is InChI=1S/C20H15N3O5/c1-20(17-3-2-8-27-17)14-9-12(4-6-15(14)22-18(24)11-28-20)16-7-5-13(10-21)23(16)19(25)26/h2-9H,11H2,1H3,(H,22,24)(H,25,26). The van der Waals surface area contributed by atoms with E-state index in [1.807, 2.05) is 6.07 Å². The van der Waals surface area contributed by atoms with Gasteiger partial charge in [-0.3, -0.25) is 4.79 Å². The molecule has 0 radical (unpaired) electrons. The van der Waals surface area contributed by atoms with Gasteiger partial charge in [-0.05, 0) is 48.9 Å². The van der Waals surface area contributed by atoms with Crippen LogP contribution >= 0.6 is 0 Å². The van der Waals surface area contributed by atoms with Gasteiger partial charge in [-0.25, -0.2) is 9.36 Å². The fourth-order valence-corrected chi connectivity index (χ4v) is 3.39. The maximum atomic E-state index is 12.1. The topological polar surface area (TPSA) is 117 Å². The summed E-state index contributed by atoms with van der Waals surface area (Å²) >= 11 is 0. The van der Waals surface area contributed by atoms with E-state index in [0.717, 1.165) is 4.57 Å². The lowest BCUT2D eigenvalue weighted by molar-refractivity contribution is -0.125. The number of hydrogen-bond donors (Lipinski definition) is 2. The number of amides is 1. The van der Waals surface area contributed by atoms with Crippen LogP contribution in [0, 0.1) is 11.3 Å². The number of carbonyl (C=O) groups excluding carboxylic acids is 1. The third-order valence-corrected chi connectivity index (χ3v) is 4.77. The first-order chi connectivity index (χ1) is 13.4. The van der Waals surface area contributed by atoms with Crippen molar-refractivity contribution in [1.29, 1.82) is 5.26 Å². The quantitative estimate of drug-likeness (QED) is 0.707. The fourth-order valence-electron chi connectivity index (χ4n) is 3.39. The van der Waals surface area contributed by atoms with Crippen LogP contribution < -0.4 is 5.32 Å². The number of anilines is 1. The number of nitriles is 1. The molecule has 1 amide bonds. The summed E-state index contributed by atoms with van der Waals surface area (Å²) in [4.78, 5) is 23.7. The Morgan fingerprint density at radius 2 is 2.14 bits per heavy atom. The molecule has 1 aliphatic heterocycles. The van der Waals surface area contributed by atoms with Crippen LogP contribution in [0.1, 0.15) is 23.9 Å². The summed E-state index contributed by atoms with van der Waals surface area (Å²) in [6, 6.07) is 13.5. The molecule has 1 unspecified atom stereocenters. The minimum Gasteiger partial charge on any atom is -0.466 e. The van der Waals surface area contributed by atoms with Crippen molar-refractivity contribution in [1.82, 2.24) is 4.57 Å². The number of rotatable bonds is 2. The van der Waals surface area contributed by atoms with Crippen molar-refractivity contribution >= 4 is 17.7 Å². The Bertz CT molecular complexity index is 1120. The minimum atomic E-state index is -1.26.